The second-order valence-electron chi connectivity index (χ2n) is 7.31. The zero-order valence-corrected chi connectivity index (χ0v) is 15.7. The van der Waals surface area contributed by atoms with Crippen molar-refractivity contribution in [3.63, 3.8) is 0 Å². The summed E-state index contributed by atoms with van der Waals surface area (Å²) in [5.74, 6) is 0.842. The van der Waals surface area contributed by atoms with Crippen molar-refractivity contribution in [1.82, 2.24) is 5.32 Å². The summed E-state index contributed by atoms with van der Waals surface area (Å²) < 4.78 is 5.69. The predicted molar refractivity (Wildman–Crippen MR) is 107 cm³/mol. The molecule has 3 rings (SSSR count). The monoisotopic (exact) mass is 368 g/mol. The van der Waals surface area contributed by atoms with Crippen molar-refractivity contribution in [1.29, 1.82) is 0 Å². The van der Waals surface area contributed by atoms with Gasteiger partial charge in [-0.15, -0.1) is 0 Å². The Morgan fingerprint density at radius 2 is 1.96 bits per heavy atom. The number of hydrogen-bond acceptors (Lipinski definition) is 5. The quantitative estimate of drug-likeness (QED) is 0.654. The molecule has 0 spiro atoms. The lowest BCUT2D eigenvalue weighted by atomic mass is 9.62. The number of aliphatic hydroxyl groups excluding tert-OH is 1. The molecule has 0 amide bonds. The van der Waals surface area contributed by atoms with Gasteiger partial charge in [0, 0.05) is 5.69 Å². The van der Waals surface area contributed by atoms with Crippen LogP contribution in [0.3, 0.4) is 0 Å². The predicted octanol–water partition coefficient (Wildman–Crippen LogP) is 2.54. The highest BCUT2D eigenvalue weighted by Crippen LogP contribution is 2.41. The molecule has 0 unspecified atom stereocenters. The second-order valence-corrected chi connectivity index (χ2v) is 7.31. The lowest BCUT2D eigenvalue weighted by Crippen LogP contribution is -2.53. The van der Waals surface area contributed by atoms with E-state index in [1.165, 1.54) is 0 Å². The Kier molecular flexibility index (Phi) is 6.14. The van der Waals surface area contributed by atoms with E-state index in [0.717, 1.165) is 18.5 Å². The van der Waals surface area contributed by atoms with Crippen LogP contribution in [0.2, 0.25) is 0 Å². The molecule has 5 nitrogen and oxygen atoms in total. The summed E-state index contributed by atoms with van der Waals surface area (Å²) in [5.41, 5.74) is 6.82. The number of piperidine rings is 1. The first-order valence-corrected chi connectivity index (χ1v) is 9.46. The smallest absolute Gasteiger partial charge is 0.140 e. The highest BCUT2D eigenvalue weighted by molar-refractivity contribution is 5.88. The molecule has 3 atom stereocenters. The zero-order valence-electron chi connectivity index (χ0n) is 15.7. The Morgan fingerprint density at radius 1 is 1.26 bits per heavy atom. The van der Waals surface area contributed by atoms with Crippen molar-refractivity contribution in [2.45, 2.75) is 31.3 Å². The molecule has 1 heterocycles. The van der Waals surface area contributed by atoms with E-state index in [-0.39, 0.29) is 18.3 Å². The molecule has 4 N–H and O–H groups in total. The van der Waals surface area contributed by atoms with Crippen molar-refractivity contribution >= 4 is 11.5 Å². The van der Waals surface area contributed by atoms with E-state index < -0.39 is 11.5 Å². The third-order valence-corrected chi connectivity index (χ3v) is 5.58. The van der Waals surface area contributed by atoms with Gasteiger partial charge in [0.25, 0.3) is 0 Å². The lowest BCUT2D eigenvalue weighted by molar-refractivity contribution is -0.126. The number of carbonyl (C=O) groups is 1. The summed E-state index contributed by atoms with van der Waals surface area (Å²) in [6.45, 7) is 3.35. The molecule has 1 aliphatic heterocycles. The second kappa shape index (κ2) is 8.55. The number of nitrogen functional groups attached to an aromatic ring is 1. The van der Waals surface area contributed by atoms with Gasteiger partial charge in [0.2, 0.25) is 0 Å². The normalized spacial score (nSPS) is 23.6. The molecule has 0 bridgehead atoms. The number of Topliss-reactive ketones (excluding diaryl/α,β-unsaturated/α-hetero) is 1. The molecule has 0 aliphatic carbocycles. The highest BCUT2D eigenvalue weighted by atomic mass is 16.5. The molecule has 5 heteroatoms. The van der Waals surface area contributed by atoms with Gasteiger partial charge in [-0.25, -0.2) is 0 Å². The maximum absolute atomic E-state index is 12.8. The Balaban J connectivity index is 1.72. The van der Waals surface area contributed by atoms with Crippen molar-refractivity contribution in [3.8, 4) is 5.75 Å². The largest absolute Gasteiger partial charge is 0.491 e. The van der Waals surface area contributed by atoms with Crippen molar-refractivity contribution in [2.24, 2.45) is 5.92 Å². The van der Waals surface area contributed by atoms with Gasteiger partial charge >= 0.3 is 0 Å². The summed E-state index contributed by atoms with van der Waals surface area (Å²) in [6.07, 6.45) is 0.578. The molecule has 2 aromatic rings. The molecule has 0 radical (unpaired) electrons. The van der Waals surface area contributed by atoms with Crippen LogP contribution in [0.5, 0.6) is 5.75 Å². The van der Waals surface area contributed by atoms with Crippen LogP contribution in [-0.4, -0.2) is 36.7 Å². The third kappa shape index (κ3) is 4.31. The third-order valence-electron chi connectivity index (χ3n) is 5.58. The van der Waals surface area contributed by atoms with Gasteiger partial charge < -0.3 is 20.9 Å². The van der Waals surface area contributed by atoms with Gasteiger partial charge in [0.1, 0.15) is 18.1 Å². The fourth-order valence-electron chi connectivity index (χ4n) is 4.16. The topological polar surface area (TPSA) is 84.6 Å². The first-order valence-electron chi connectivity index (χ1n) is 9.46. The number of nitrogens with one attached hydrogen (secondary N) is 1. The Hall–Kier alpha value is -2.37. The van der Waals surface area contributed by atoms with E-state index >= 15 is 0 Å². The van der Waals surface area contributed by atoms with Crippen LogP contribution < -0.4 is 15.8 Å². The van der Waals surface area contributed by atoms with Gasteiger partial charge in [-0.2, -0.15) is 0 Å². The van der Waals surface area contributed by atoms with Gasteiger partial charge in [0.05, 0.1) is 11.5 Å². The maximum atomic E-state index is 12.8. The molecule has 0 saturated carbocycles. The Labute approximate surface area is 160 Å². The number of hydrogen-bond donors (Lipinski definition) is 3. The molecular formula is C22H28N2O3. The van der Waals surface area contributed by atoms with Gasteiger partial charge in [-0.1, -0.05) is 30.3 Å². The molecular weight excluding hydrogens is 340 g/mol. The minimum absolute atomic E-state index is 0.0103. The van der Waals surface area contributed by atoms with E-state index in [1.54, 1.807) is 31.2 Å². The number of nitrogens with two attached hydrogens (primary N) is 1. The van der Waals surface area contributed by atoms with Gasteiger partial charge in [-0.3, -0.25) is 4.79 Å². The summed E-state index contributed by atoms with van der Waals surface area (Å²) in [4.78, 5) is 12.8. The number of benzene rings is 2. The minimum Gasteiger partial charge on any atom is -0.491 e. The zero-order chi connectivity index (χ0) is 19.3. The summed E-state index contributed by atoms with van der Waals surface area (Å²) in [5, 5.41) is 14.0. The molecule has 27 heavy (non-hydrogen) atoms. The number of anilines is 1. The van der Waals surface area contributed by atoms with E-state index in [0.29, 0.717) is 24.4 Å². The lowest BCUT2D eigenvalue weighted by Gasteiger charge is -2.44. The molecule has 1 saturated heterocycles. The summed E-state index contributed by atoms with van der Waals surface area (Å²) in [7, 11) is 0. The van der Waals surface area contributed by atoms with Crippen molar-refractivity contribution in [3.05, 3.63) is 60.2 Å². The summed E-state index contributed by atoms with van der Waals surface area (Å²) in [6, 6.07) is 17.1. The van der Waals surface area contributed by atoms with E-state index in [9.17, 15) is 9.90 Å². The van der Waals surface area contributed by atoms with Gasteiger partial charge in [-0.05, 0) is 68.6 Å². The Bertz CT molecular complexity index is 748. The van der Waals surface area contributed by atoms with E-state index in [1.807, 2.05) is 30.3 Å². The maximum Gasteiger partial charge on any atom is 0.140 e. The van der Waals surface area contributed by atoms with Crippen molar-refractivity contribution < 1.29 is 14.6 Å². The first kappa shape index (κ1) is 19.4. The fourth-order valence-corrected chi connectivity index (χ4v) is 4.16. The first-order chi connectivity index (χ1) is 13.0. The average Bonchev–Trinajstić information content (AvgIpc) is 2.68. The molecule has 1 aliphatic rings. The van der Waals surface area contributed by atoms with E-state index in [2.05, 4.69) is 5.32 Å². The average molecular weight is 368 g/mol. The molecule has 144 valence electrons. The fraction of sp³-hybridized carbons (Fsp3) is 0.409. The standard InChI is InChI=1S/C22H28N2O3/c1-16(25)22(17-5-3-2-4-6-17)11-12-24-14-18(22)13-20(26)15-27-21-9-7-19(23)8-10-21/h2-10,18,20,24,26H,11-15,23H2,1H3/t18-,20+,22+/m0/s1. The van der Waals surface area contributed by atoms with Crippen LogP contribution in [0.1, 0.15) is 25.3 Å². The summed E-state index contributed by atoms with van der Waals surface area (Å²) >= 11 is 0. The van der Waals surface area contributed by atoms with Crippen LogP contribution in [0.15, 0.2) is 54.6 Å². The van der Waals surface area contributed by atoms with Crippen molar-refractivity contribution in [2.75, 3.05) is 25.4 Å². The number of rotatable bonds is 7. The van der Waals surface area contributed by atoms with Crippen LogP contribution in [0, 0.1) is 5.92 Å². The number of ketones is 1. The van der Waals surface area contributed by atoms with Gasteiger partial charge in [0.15, 0.2) is 0 Å². The molecule has 0 aromatic heterocycles. The van der Waals surface area contributed by atoms with E-state index in [4.69, 9.17) is 10.5 Å². The number of ether oxygens (including phenoxy) is 1. The SMILES string of the molecule is CC(=O)[C@@]1(c2ccccc2)CCNC[C@@H]1C[C@@H](O)COc1ccc(N)cc1. The van der Waals surface area contributed by atoms with Crippen LogP contribution in [-0.2, 0) is 10.2 Å². The Morgan fingerprint density at radius 3 is 2.63 bits per heavy atom. The molecule has 2 aromatic carbocycles. The number of aliphatic hydroxyl groups is 1. The minimum atomic E-state index is -0.658. The number of carbonyl (C=O) groups excluding carboxylic acids is 1. The van der Waals surface area contributed by atoms with Crippen LogP contribution in [0.4, 0.5) is 5.69 Å². The van der Waals surface area contributed by atoms with Crippen LogP contribution in [0.25, 0.3) is 0 Å². The van der Waals surface area contributed by atoms with Crippen LogP contribution >= 0.6 is 0 Å². The highest BCUT2D eigenvalue weighted by Gasteiger charge is 2.46. The molecule has 1 fully saturated rings.